The second kappa shape index (κ2) is 11.5. The Balaban J connectivity index is 2.04. The Morgan fingerprint density at radius 2 is 1.49 bits per heavy atom. The number of carbonyl (C=O) groups is 1. The largest absolute Gasteiger partial charge is 0.493 e. The van der Waals surface area contributed by atoms with Crippen LogP contribution in [0.2, 0.25) is 0 Å². The molecular formula is C27H38NO7+. The van der Waals surface area contributed by atoms with Gasteiger partial charge in [-0.15, -0.1) is 0 Å². The number of carbonyl (C=O) groups excluding carboxylic acids is 1. The van der Waals surface area contributed by atoms with Crippen molar-refractivity contribution in [1.82, 2.24) is 0 Å². The number of quaternary nitrogens is 1. The van der Waals surface area contributed by atoms with Crippen LogP contribution in [-0.2, 0) is 22.4 Å². The summed E-state index contributed by atoms with van der Waals surface area (Å²) in [5.74, 6) is 3.05. The monoisotopic (exact) mass is 488 g/mol. The summed E-state index contributed by atoms with van der Waals surface area (Å²) in [6.07, 6.45) is 2.46. The molecule has 192 valence electrons. The molecule has 35 heavy (non-hydrogen) atoms. The standard InChI is InChI=1S/C27H38NO7/c1-18(29)35-12-8-10-28(2)11-9-20-16-23(30-3)24(31-4)17-21(20)22(28)13-19-14-25(32-5)27(34-7)26(15-19)33-6/h14-17,22H,8-13H2,1-7H3/q+1. The molecule has 2 unspecified atom stereocenters. The molecule has 2 aromatic rings. The van der Waals surface area contributed by atoms with Crippen LogP contribution in [0.4, 0.5) is 0 Å². The summed E-state index contributed by atoms with van der Waals surface area (Å²) in [5.41, 5.74) is 3.57. The number of benzene rings is 2. The number of esters is 1. The maximum absolute atomic E-state index is 11.3. The van der Waals surface area contributed by atoms with Gasteiger partial charge in [-0.3, -0.25) is 4.79 Å². The summed E-state index contributed by atoms with van der Waals surface area (Å²) in [4.78, 5) is 11.3. The first-order valence-corrected chi connectivity index (χ1v) is 11.8. The van der Waals surface area contributed by atoms with Crippen molar-refractivity contribution < 1.29 is 37.7 Å². The number of ether oxygens (including phenoxy) is 6. The molecule has 0 radical (unpaired) electrons. The van der Waals surface area contributed by atoms with Gasteiger partial charge in [0, 0.05) is 31.7 Å². The second-order valence-corrected chi connectivity index (χ2v) is 9.03. The van der Waals surface area contributed by atoms with Crippen LogP contribution < -0.4 is 23.7 Å². The van der Waals surface area contributed by atoms with Crippen LogP contribution in [0, 0.1) is 0 Å². The zero-order chi connectivity index (χ0) is 25.6. The van der Waals surface area contributed by atoms with Crippen molar-refractivity contribution in [3.63, 3.8) is 0 Å². The topological polar surface area (TPSA) is 72.5 Å². The van der Waals surface area contributed by atoms with Crippen molar-refractivity contribution in [3.05, 3.63) is 41.0 Å². The third kappa shape index (κ3) is 5.75. The lowest BCUT2D eigenvalue weighted by Gasteiger charge is -2.46. The van der Waals surface area contributed by atoms with Gasteiger partial charge in [-0.1, -0.05) is 0 Å². The van der Waals surface area contributed by atoms with Crippen molar-refractivity contribution in [2.75, 3.05) is 62.3 Å². The van der Waals surface area contributed by atoms with E-state index < -0.39 is 0 Å². The Kier molecular flexibility index (Phi) is 8.72. The van der Waals surface area contributed by atoms with E-state index in [1.54, 1.807) is 35.5 Å². The molecule has 0 aliphatic carbocycles. The van der Waals surface area contributed by atoms with Crippen LogP contribution in [0.5, 0.6) is 28.7 Å². The molecule has 0 fully saturated rings. The fourth-order valence-electron chi connectivity index (χ4n) is 5.05. The summed E-state index contributed by atoms with van der Waals surface area (Å²) in [6.45, 7) is 3.69. The normalized spacial score (nSPS) is 18.9. The van der Waals surface area contributed by atoms with E-state index in [9.17, 15) is 4.79 Å². The number of fused-ring (bicyclic) bond motifs is 1. The molecule has 1 aliphatic heterocycles. The zero-order valence-corrected chi connectivity index (χ0v) is 21.9. The maximum atomic E-state index is 11.3. The van der Waals surface area contributed by atoms with Gasteiger partial charge in [-0.05, 0) is 35.4 Å². The van der Waals surface area contributed by atoms with E-state index >= 15 is 0 Å². The van der Waals surface area contributed by atoms with Crippen molar-refractivity contribution in [2.45, 2.75) is 32.2 Å². The Bertz CT molecular complexity index is 1010. The Morgan fingerprint density at radius 3 is 2.03 bits per heavy atom. The van der Waals surface area contributed by atoms with Crippen molar-refractivity contribution in [1.29, 1.82) is 0 Å². The van der Waals surface area contributed by atoms with Gasteiger partial charge in [0.25, 0.3) is 0 Å². The fourth-order valence-corrected chi connectivity index (χ4v) is 5.05. The minimum atomic E-state index is -0.248. The van der Waals surface area contributed by atoms with E-state index in [-0.39, 0.29) is 12.0 Å². The molecule has 0 saturated carbocycles. The van der Waals surface area contributed by atoms with Crippen molar-refractivity contribution in [3.8, 4) is 28.7 Å². The third-order valence-corrected chi connectivity index (χ3v) is 6.92. The average Bonchev–Trinajstić information content (AvgIpc) is 2.86. The minimum Gasteiger partial charge on any atom is -0.493 e. The molecule has 0 saturated heterocycles. The van der Waals surface area contributed by atoms with Gasteiger partial charge in [0.05, 0.1) is 62.3 Å². The molecule has 3 rings (SSSR count). The highest BCUT2D eigenvalue weighted by molar-refractivity contribution is 5.65. The molecule has 1 aliphatic rings. The van der Waals surface area contributed by atoms with Gasteiger partial charge in [0.2, 0.25) is 5.75 Å². The maximum Gasteiger partial charge on any atom is 0.302 e. The highest BCUT2D eigenvalue weighted by Crippen LogP contribution is 2.44. The number of likely N-dealkylation sites (N-methyl/N-ethyl adjacent to an activating group) is 1. The molecule has 0 N–H and O–H groups in total. The summed E-state index contributed by atoms with van der Waals surface area (Å²) in [5, 5.41) is 0. The fraction of sp³-hybridized carbons (Fsp3) is 0.519. The SMILES string of the molecule is COc1cc2c(cc1OC)C(Cc1cc(OC)c(OC)c(OC)c1)[N+](C)(CCCOC(C)=O)CC2. The van der Waals surface area contributed by atoms with E-state index in [0.29, 0.717) is 23.9 Å². The molecular weight excluding hydrogens is 450 g/mol. The highest BCUT2D eigenvalue weighted by Gasteiger charge is 2.40. The number of hydrogen-bond acceptors (Lipinski definition) is 7. The number of nitrogens with zero attached hydrogens (tertiary/aromatic N) is 1. The van der Waals surface area contributed by atoms with Crippen molar-refractivity contribution >= 4 is 5.97 Å². The molecule has 2 atom stereocenters. The van der Waals surface area contributed by atoms with Crippen LogP contribution in [-0.4, -0.2) is 72.7 Å². The zero-order valence-electron chi connectivity index (χ0n) is 21.9. The second-order valence-electron chi connectivity index (χ2n) is 9.03. The quantitative estimate of drug-likeness (QED) is 0.269. The Hall–Kier alpha value is -3.13. The third-order valence-electron chi connectivity index (χ3n) is 6.92. The van der Waals surface area contributed by atoms with E-state index in [1.807, 2.05) is 12.1 Å². The van der Waals surface area contributed by atoms with Crippen LogP contribution in [0.25, 0.3) is 0 Å². The smallest absolute Gasteiger partial charge is 0.302 e. The summed E-state index contributed by atoms with van der Waals surface area (Å²) in [6, 6.07) is 8.37. The molecule has 2 aromatic carbocycles. The summed E-state index contributed by atoms with van der Waals surface area (Å²) in [7, 11) is 10.5. The Labute approximate surface area is 208 Å². The van der Waals surface area contributed by atoms with E-state index in [1.165, 1.54) is 18.1 Å². The van der Waals surface area contributed by atoms with Crippen LogP contribution in [0.1, 0.15) is 36.1 Å². The minimum absolute atomic E-state index is 0.138. The molecule has 0 aromatic heterocycles. The first-order chi connectivity index (χ1) is 16.8. The van der Waals surface area contributed by atoms with Gasteiger partial charge in [-0.25, -0.2) is 0 Å². The van der Waals surface area contributed by atoms with E-state index in [0.717, 1.165) is 53.9 Å². The lowest BCUT2D eigenvalue weighted by molar-refractivity contribution is -0.941. The van der Waals surface area contributed by atoms with Crippen LogP contribution in [0.15, 0.2) is 24.3 Å². The molecule has 0 spiro atoms. The van der Waals surface area contributed by atoms with Gasteiger partial charge >= 0.3 is 5.97 Å². The van der Waals surface area contributed by atoms with Crippen LogP contribution in [0.3, 0.4) is 0 Å². The van der Waals surface area contributed by atoms with Gasteiger partial charge in [-0.2, -0.15) is 0 Å². The summed E-state index contributed by atoms with van der Waals surface area (Å²) >= 11 is 0. The molecule has 1 heterocycles. The summed E-state index contributed by atoms with van der Waals surface area (Å²) < 4.78 is 34.0. The highest BCUT2D eigenvalue weighted by atomic mass is 16.5. The van der Waals surface area contributed by atoms with E-state index in [2.05, 4.69) is 19.2 Å². The number of hydrogen-bond donors (Lipinski definition) is 0. The molecule has 8 nitrogen and oxygen atoms in total. The van der Waals surface area contributed by atoms with Gasteiger partial charge in [0.15, 0.2) is 23.0 Å². The predicted molar refractivity (Wildman–Crippen MR) is 133 cm³/mol. The van der Waals surface area contributed by atoms with Gasteiger partial charge in [0.1, 0.15) is 6.04 Å². The van der Waals surface area contributed by atoms with Gasteiger partial charge < -0.3 is 32.9 Å². The molecule has 0 amide bonds. The first kappa shape index (κ1) is 26.5. The first-order valence-electron chi connectivity index (χ1n) is 11.8. The Morgan fingerprint density at radius 1 is 0.886 bits per heavy atom. The lowest BCUT2D eigenvalue weighted by atomic mass is 9.86. The number of rotatable bonds is 11. The number of methoxy groups -OCH3 is 5. The lowest BCUT2D eigenvalue weighted by Crippen LogP contribution is -2.52. The molecule has 8 heteroatoms. The average molecular weight is 489 g/mol. The van der Waals surface area contributed by atoms with Crippen LogP contribution >= 0.6 is 0 Å². The van der Waals surface area contributed by atoms with Crippen molar-refractivity contribution in [2.24, 2.45) is 0 Å². The molecule has 0 bridgehead atoms. The van der Waals surface area contributed by atoms with E-state index in [4.69, 9.17) is 28.4 Å². The predicted octanol–water partition coefficient (Wildman–Crippen LogP) is 3.97.